The Morgan fingerprint density at radius 2 is 1.68 bits per heavy atom. The lowest BCUT2D eigenvalue weighted by molar-refractivity contribution is -0.143. The number of hydrogen-bond acceptors (Lipinski definition) is 8. The Morgan fingerprint density at radius 1 is 0.940 bits per heavy atom. The van der Waals surface area contributed by atoms with Crippen molar-refractivity contribution in [3.8, 4) is 11.5 Å². The summed E-state index contributed by atoms with van der Waals surface area (Å²) in [5, 5.41) is 21.2. The summed E-state index contributed by atoms with van der Waals surface area (Å²) in [6.45, 7) is -0.272. The minimum atomic E-state index is -1.63. The molecule has 0 aromatic heterocycles. The lowest BCUT2D eigenvalue weighted by atomic mass is 9.49. The maximum Gasteiger partial charge on any atom is 0.305 e. The number of fused-ring (bicyclic) bond motifs is 4. The van der Waals surface area contributed by atoms with E-state index in [1.165, 1.54) is 25.3 Å². The number of nitrogens with zero attached hydrogens (tertiary/aromatic N) is 2. The minimum Gasteiger partial charge on any atom is -0.508 e. The molecule has 2 saturated heterocycles. The molecule has 2 aliphatic carbocycles. The topological polar surface area (TPSA) is 154 Å². The summed E-state index contributed by atoms with van der Waals surface area (Å²) in [5.41, 5.74) is 3.13. The molecule has 0 unspecified atom stereocenters. The Morgan fingerprint density at radius 3 is 2.34 bits per heavy atom. The SMILES string of the molecule is COc1ccc([C@@]23C(=O)N(Nc4ccc(Cl)cc4Cl)C(=O)[C@@H]2C[C@@H]2C(=CC[C@@H]4C(=O)N(CCC(=O)O)C(=O)[C@@H]42)[C@@H]3c2ccc(O)cc2Cl)cc1. The number of aromatic hydroxyl groups is 1. The number of ether oxygens (including phenoxy) is 1. The van der Waals surface area contributed by atoms with Gasteiger partial charge in [-0.15, -0.1) is 0 Å². The number of aliphatic carboxylic acids is 1. The van der Waals surface area contributed by atoms with Gasteiger partial charge in [0.2, 0.25) is 11.8 Å². The third-order valence-corrected chi connectivity index (χ3v) is 11.4. The number of carbonyl (C=O) groups excluding carboxylic acids is 4. The summed E-state index contributed by atoms with van der Waals surface area (Å²) in [5.74, 6) is -7.24. The number of hydrazine groups is 1. The van der Waals surface area contributed by atoms with Gasteiger partial charge in [0, 0.05) is 22.5 Å². The summed E-state index contributed by atoms with van der Waals surface area (Å²) in [7, 11) is 1.51. The first-order valence-electron chi connectivity index (χ1n) is 15.9. The molecular formula is C36H30Cl3N3O8. The van der Waals surface area contributed by atoms with E-state index >= 15 is 4.79 Å². The molecule has 258 valence electrons. The molecule has 3 aromatic rings. The summed E-state index contributed by atoms with van der Waals surface area (Å²) in [6, 6.07) is 15.8. The third-order valence-electron chi connectivity index (χ3n) is 10.5. The molecular weight excluding hydrogens is 709 g/mol. The number of nitrogens with one attached hydrogen (secondary N) is 1. The van der Waals surface area contributed by atoms with Crippen LogP contribution in [0.25, 0.3) is 0 Å². The highest BCUT2D eigenvalue weighted by molar-refractivity contribution is 6.36. The van der Waals surface area contributed by atoms with Crippen LogP contribution in [0, 0.1) is 23.7 Å². The predicted molar refractivity (Wildman–Crippen MR) is 183 cm³/mol. The highest BCUT2D eigenvalue weighted by atomic mass is 35.5. The van der Waals surface area contributed by atoms with Crippen LogP contribution in [0.3, 0.4) is 0 Å². The average Bonchev–Trinajstić information content (AvgIpc) is 3.45. The number of rotatable bonds is 8. The Bertz CT molecular complexity index is 2000. The summed E-state index contributed by atoms with van der Waals surface area (Å²) in [6.07, 6.45) is 1.63. The zero-order valence-electron chi connectivity index (χ0n) is 26.4. The number of carbonyl (C=O) groups is 5. The van der Waals surface area contributed by atoms with Crippen LogP contribution in [0.2, 0.25) is 15.1 Å². The normalized spacial score (nSPS) is 27.1. The van der Waals surface area contributed by atoms with E-state index in [9.17, 15) is 29.4 Å². The van der Waals surface area contributed by atoms with Gasteiger partial charge in [0.1, 0.15) is 11.5 Å². The van der Waals surface area contributed by atoms with Gasteiger partial charge in [0.05, 0.1) is 47.4 Å². The molecule has 11 nitrogen and oxygen atoms in total. The number of phenols is 1. The molecule has 4 amide bonds. The molecule has 7 rings (SSSR count). The molecule has 14 heteroatoms. The van der Waals surface area contributed by atoms with Gasteiger partial charge < -0.3 is 14.9 Å². The van der Waals surface area contributed by atoms with Crippen LogP contribution in [-0.2, 0) is 29.4 Å². The van der Waals surface area contributed by atoms with E-state index in [1.807, 2.05) is 6.08 Å². The van der Waals surface area contributed by atoms with Gasteiger partial charge in [0.25, 0.3) is 11.8 Å². The van der Waals surface area contributed by atoms with Gasteiger partial charge in [0.15, 0.2) is 0 Å². The molecule has 0 bridgehead atoms. The highest BCUT2D eigenvalue weighted by Crippen LogP contribution is 2.65. The van der Waals surface area contributed by atoms with Crippen LogP contribution < -0.4 is 10.2 Å². The van der Waals surface area contributed by atoms with Gasteiger partial charge in [-0.25, -0.2) is 0 Å². The zero-order chi connectivity index (χ0) is 35.6. The second-order valence-corrected chi connectivity index (χ2v) is 14.1. The summed E-state index contributed by atoms with van der Waals surface area (Å²) >= 11 is 19.5. The molecule has 1 saturated carbocycles. The van der Waals surface area contributed by atoms with E-state index in [4.69, 9.17) is 39.5 Å². The van der Waals surface area contributed by atoms with E-state index in [0.717, 1.165) is 9.91 Å². The molecule has 2 heterocycles. The molecule has 0 spiro atoms. The lowest BCUT2D eigenvalue weighted by Gasteiger charge is -2.50. The van der Waals surface area contributed by atoms with E-state index in [-0.39, 0.29) is 40.9 Å². The van der Waals surface area contributed by atoms with Crippen LogP contribution >= 0.6 is 34.8 Å². The van der Waals surface area contributed by atoms with Crippen molar-refractivity contribution < 1.29 is 38.9 Å². The van der Waals surface area contributed by atoms with Gasteiger partial charge in [-0.2, -0.15) is 5.01 Å². The molecule has 0 radical (unpaired) electrons. The Hall–Kier alpha value is -4.58. The van der Waals surface area contributed by atoms with Crippen molar-refractivity contribution in [2.75, 3.05) is 19.1 Å². The number of carboxylic acid groups (broad SMARTS) is 1. The van der Waals surface area contributed by atoms with Crippen molar-refractivity contribution in [3.63, 3.8) is 0 Å². The van der Waals surface area contributed by atoms with Gasteiger partial charge >= 0.3 is 5.97 Å². The zero-order valence-corrected chi connectivity index (χ0v) is 28.7. The monoisotopic (exact) mass is 737 g/mol. The fourth-order valence-corrected chi connectivity index (χ4v) is 9.17. The van der Waals surface area contributed by atoms with E-state index in [1.54, 1.807) is 42.5 Å². The van der Waals surface area contributed by atoms with Crippen LogP contribution in [0.5, 0.6) is 11.5 Å². The highest BCUT2D eigenvalue weighted by Gasteiger charge is 2.70. The Balaban J connectivity index is 1.44. The number of benzene rings is 3. The maximum atomic E-state index is 15.2. The first-order valence-corrected chi connectivity index (χ1v) is 17.0. The van der Waals surface area contributed by atoms with E-state index in [2.05, 4.69) is 5.43 Å². The third kappa shape index (κ3) is 5.13. The number of hydrogen-bond donors (Lipinski definition) is 3. The van der Waals surface area contributed by atoms with E-state index < -0.39 is 71.0 Å². The number of halogens is 3. The smallest absolute Gasteiger partial charge is 0.305 e. The minimum absolute atomic E-state index is 0.0220. The fraction of sp³-hybridized carbons (Fsp3) is 0.306. The van der Waals surface area contributed by atoms with Crippen LogP contribution in [0.4, 0.5) is 5.69 Å². The van der Waals surface area contributed by atoms with Crippen molar-refractivity contribution in [2.24, 2.45) is 23.7 Å². The molecule has 3 N–H and O–H groups in total. The average molecular weight is 739 g/mol. The molecule has 4 aliphatic rings. The predicted octanol–water partition coefficient (Wildman–Crippen LogP) is 5.82. The van der Waals surface area contributed by atoms with Gasteiger partial charge in [-0.1, -0.05) is 64.7 Å². The molecule has 6 atom stereocenters. The first-order chi connectivity index (χ1) is 23.9. The van der Waals surface area contributed by atoms with Crippen molar-refractivity contribution in [2.45, 2.75) is 30.6 Å². The fourth-order valence-electron chi connectivity index (χ4n) is 8.43. The molecule has 3 aromatic carbocycles. The standard InChI is InChI=1S/C36H30Cl3N3O8/c1-50-20-6-2-17(3-7-20)36-25(33(47)42(35(36)49)40-28-11-4-18(37)14-27(28)39)16-24-21(31(36)22-8-5-19(43)15-26(22)38)9-10-23-30(24)34(48)41(32(23)46)13-12-29(44)45/h2-9,11,14-15,23-25,30-31,40,43H,10,12-13,16H2,1H3,(H,44,45)/t23-,24+,25-,30-,31+,36+/m0/s1. The van der Waals surface area contributed by atoms with Crippen LogP contribution in [0.15, 0.2) is 72.3 Å². The Kier molecular flexibility index (Phi) is 8.56. The number of imide groups is 2. The molecule has 50 heavy (non-hydrogen) atoms. The number of allylic oxidation sites excluding steroid dienone is 2. The quantitative estimate of drug-likeness (QED) is 0.192. The van der Waals surface area contributed by atoms with Crippen LogP contribution in [0.1, 0.15) is 36.3 Å². The van der Waals surface area contributed by atoms with Crippen molar-refractivity contribution >= 4 is 70.1 Å². The lowest BCUT2D eigenvalue weighted by Crippen LogP contribution is -2.53. The van der Waals surface area contributed by atoms with Crippen molar-refractivity contribution in [3.05, 3.63) is 98.5 Å². The first kappa shape index (κ1) is 33.9. The second kappa shape index (κ2) is 12.6. The number of methoxy groups -OCH3 is 1. The second-order valence-electron chi connectivity index (χ2n) is 12.9. The van der Waals surface area contributed by atoms with E-state index in [0.29, 0.717) is 27.5 Å². The number of amides is 4. The number of anilines is 1. The largest absolute Gasteiger partial charge is 0.508 e. The maximum absolute atomic E-state index is 15.2. The van der Waals surface area contributed by atoms with Crippen LogP contribution in [-0.4, -0.2) is 63.4 Å². The summed E-state index contributed by atoms with van der Waals surface area (Å²) in [4.78, 5) is 69.9. The van der Waals surface area contributed by atoms with Crippen molar-refractivity contribution in [1.29, 1.82) is 0 Å². The van der Waals surface area contributed by atoms with Gasteiger partial charge in [-0.05, 0) is 72.4 Å². The molecule has 3 fully saturated rings. The Labute approximate surface area is 301 Å². The van der Waals surface area contributed by atoms with Gasteiger partial charge in [-0.3, -0.25) is 34.3 Å². The number of likely N-dealkylation sites (tertiary alicyclic amines) is 1. The number of carboxylic acids is 1. The number of phenolic OH excluding ortho intramolecular Hbond substituents is 1. The molecule has 2 aliphatic heterocycles. The van der Waals surface area contributed by atoms with Crippen molar-refractivity contribution in [1.82, 2.24) is 9.91 Å². The summed E-state index contributed by atoms with van der Waals surface area (Å²) < 4.78 is 5.41.